The summed E-state index contributed by atoms with van der Waals surface area (Å²) in [5.41, 5.74) is 3.69. The van der Waals surface area contributed by atoms with E-state index in [4.69, 9.17) is 33.7 Å². The fourth-order valence-electron chi connectivity index (χ4n) is 2.47. The molecule has 0 unspecified atom stereocenters. The monoisotopic (exact) mass is 324 g/mol. The number of hydrogen-bond acceptors (Lipinski definition) is 4. The van der Waals surface area contributed by atoms with Crippen LogP contribution in [0.2, 0.25) is 10.0 Å². The van der Waals surface area contributed by atoms with E-state index in [9.17, 15) is 0 Å². The fraction of sp³-hybridized carbons (Fsp3) is 0. The van der Waals surface area contributed by atoms with Gasteiger partial charge in [0.15, 0.2) is 0 Å². The summed E-state index contributed by atoms with van der Waals surface area (Å²) in [5, 5.41) is 18.7. The minimum absolute atomic E-state index is 0.349. The minimum atomic E-state index is 0.349. The quantitative estimate of drug-likeness (QED) is 0.587. The van der Waals surface area contributed by atoms with E-state index in [1.807, 2.05) is 36.7 Å². The highest BCUT2D eigenvalue weighted by Crippen LogP contribution is 2.34. The van der Waals surface area contributed by atoms with Gasteiger partial charge < -0.3 is 0 Å². The van der Waals surface area contributed by atoms with Crippen molar-refractivity contribution in [2.75, 3.05) is 0 Å². The van der Waals surface area contributed by atoms with E-state index in [-0.39, 0.29) is 0 Å². The van der Waals surface area contributed by atoms with Gasteiger partial charge >= 0.3 is 0 Å². The van der Waals surface area contributed by atoms with E-state index >= 15 is 0 Å². The summed E-state index contributed by atoms with van der Waals surface area (Å²) in [6.07, 6.45) is 3.61. The lowest BCUT2D eigenvalue weighted by Gasteiger charge is -2.22. The maximum atomic E-state index is 8.98. The van der Waals surface area contributed by atoms with Crippen LogP contribution in [0.25, 0.3) is 0 Å². The normalized spacial score (nSPS) is 15.8. The highest BCUT2D eigenvalue weighted by molar-refractivity contribution is 6.43. The number of benzene rings is 2. The molecule has 0 heterocycles. The lowest BCUT2D eigenvalue weighted by molar-refractivity contribution is 1.38. The second-order valence-corrected chi connectivity index (χ2v) is 5.29. The summed E-state index contributed by atoms with van der Waals surface area (Å²) >= 11 is 12.2. The predicted octanol–water partition coefficient (Wildman–Crippen LogP) is 3.94. The van der Waals surface area contributed by atoms with Gasteiger partial charge in [0.25, 0.3) is 0 Å². The molecule has 0 radical (unpaired) electrons. The summed E-state index contributed by atoms with van der Waals surface area (Å²) in [6.45, 7) is 0. The molecule has 0 saturated heterocycles. The summed E-state index contributed by atoms with van der Waals surface area (Å²) in [4.78, 5) is 7.83. The zero-order valence-corrected chi connectivity index (χ0v) is 12.5. The van der Waals surface area contributed by atoms with Gasteiger partial charge in [-0.25, -0.2) is 0 Å². The van der Waals surface area contributed by atoms with Crippen LogP contribution in [0.15, 0.2) is 46.4 Å². The van der Waals surface area contributed by atoms with E-state index < -0.39 is 0 Å². The number of nitriles is 2. The third kappa shape index (κ3) is 2.16. The van der Waals surface area contributed by atoms with E-state index in [0.29, 0.717) is 32.6 Å². The van der Waals surface area contributed by atoms with Crippen molar-refractivity contribution in [1.82, 2.24) is 0 Å². The largest absolute Gasteiger partial charge is 0.206 e. The molecule has 0 spiro atoms. The molecule has 22 heavy (non-hydrogen) atoms. The first-order valence-corrected chi connectivity index (χ1v) is 6.96. The molecule has 4 nitrogen and oxygen atoms in total. The van der Waals surface area contributed by atoms with Crippen molar-refractivity contribution in [2.24, 2.45) is 9.98 Å². The second-order valence-electron chi connectivity index (χ2n) is 4.48. The Morgan fingerprint density at radius 1 is 0.727 bits per heavy atom. The Balaban J connectivity index is 2.45. The zero-order chi connectivity index (χ0) is 15.7. The van der Waals surface area contributed by atoms with Gasteiger partial charge in [0, 0.05) is 22.3 Å². The number of halogens is 2. The molecule has 0 aliphatic heterocycles. The molecule has 3 rings (SSSR count). The van der Waals surface area contributed by atoms with Crippen molar-refractivity contribution in [3.63, 3.8) is 0 Å². The average molecular weight is 325 g/mol. The lowest BCUT2D eigenvalue weighted by atomic mass is 9.83. The number of hydrogen-bond donors (Lipinski definition) is 0. The van der Waals surface area contributed by atoms with Crippen molar-refractivity contribution >= 4 is 34.6 Å². The van der Waals surface area contributed by atoms with E-state index in [1.54, 1.807) is 12.1 Å². The van der Waals surface area contributed by atoms with Gasteiger partial charge in [0.1, 0.15) is 0 Å². The first-order chi connectivity index (χ1) is 10.7. The van der Waals surface area contributed by atoms with Crippen LogP contribution >= 0.6 is 23.2 Å². The number of aliphatic imine (C=N–C) groups is 2. The Kier molecular flexibility index (Phi) is 3.65. The Morgan fingerprint density at radius 2 is 1.14 bits per heavy atom. The number of fused-ring (bicyclic) bond motifs is 2. The molecule has 0 N–H and O–H groups in total. The van der Waals surface area contributed by atoms with Crippen LogP contribution in [0.3, 0.4) is 0 Å². The summed E-state index contributed by atoms with van der Waals surface area (Å²) < 4.78 is 0. The first-order valence-electron chi connectivity index (χ1n) is 6.20. The average Bonchev–Trinajstić information content (AvgIpc) is 2.52. The Bertz CT molecular complexity index is 854. The fourth-order valence-corrected chi connectivity index (χ4v) is 2.79. The van der Waals surface area contributed by atoms with Crippen molar-refractivity contribution < 1.29 is 0 Å². The van der Waals surface area contributed by atoms with Crippen LogP contribution < -0.4 is 0 Å². The Morgan fingerprint density at radius 3 is 1.50 bits per heavy atom. The van der Waals surface area contributed by atoms with Gasteiger partial charge in [-0.1, -0.05) is 47.5 Å². The molecule has 104 valence electrons. The van der Waals surface area contributed by atoms with E-state index in [1.165, 1.54) is 0 Å². The molecular weight excluding hydrogens is 319 g/mol. The lowest BCUT2D eigenvalue weighted by Crippen LogP contribution is -2.22. The molecular formula is C16H6Cl2N4. The van der Waals surface area contributed by atoms with Gasteiger partial charge in [0.05, 0.1) is 21.5 Å². The standard InChI is InChI=1S/C16H6Cl2N4/c17-13-5-11-12(6-14(13)18)16(22-8-20)10-4-2-1-3-9(10)15(11)21-7-19/h1-6H. The van der Waals surface area contributed by atoms with Gasteiger partial charge in [0.2, 0.25) is 12.4 Å². The smallest absolute Gasteiger partial charge is 0.172 e. The van der Waals surface area contributed by atoms with Crippen LogP contribution in [0.4, 0.5) is 0 Å². The first kappa shape index (κ1) is 14.3. The third-order valence-electron chi connectivity index (χ3n) is 3.33. The SMILES string of the molecule is N#CN=C1c2ccccc2C(=NC#N)c2cc(Cl)c(Cl)cc21. The summed E-state index contributed by atoms with van der Waals surface area (Å²) in [6, 6.07) is 10.6. The van der Waals surface area contributed by atoms with Crippen molar-refractivity contribution in [1.29, 1.82) is 10.5 Å². The number of nitrogens with zero attached hydrogens (tertiary/aromatic N) is 4. The van der Waals surface area contributed by atoms with E-state index in [0.717, 1.165) is 11.1 Å². The van der Waals surface area contributed by atoms with Crippen molar-refractivity contribution in [2.45, 2.75) is 0 Å². The minimum Gasteiger partial charge on any atom is -0.172 e. The highest BCUT2D eigenvalue weighted by atomic mass is 35.5. The second kappa shape index (κ2) is 5.61. The summed E-state index contributed by atoms with van der Waals surface area (Å²) in [7, 11) is 0. The van der Waals surface area contributed by atoms with Crippen molar-refractivity contribution in [3.8, 4) is 12.4 Å². The molecule has 2 aromatic carbocycles. The van der Waals surface area contributed by atoms with Crippen LogP contribution in [0, 0.1) is 22.9 Å². The highest BCUT2D eigenvalue weighted by Gasteiger charge is 2.27. The van der Waals surface area contributed by atoms with E-state index in [2.05, 4.69) is 9.98 Å². The third-order valence-corrected chi connectivity index (χ3v) is 4.05. The molecule has 1 aliphatic rings. The maximum Gasteiger partial charge on any atom is 0.206 e. The molecule has 0 amide bonds. The maximum absolute atomic E-state index is 8.98. The Labute approximate surface area is 136 Å². The summed E-state index contributed by atoms with van der Waals surface area (Å²) in [5.74, 6) is 0. The van der Waals surface area contributed by atoms with Gasteiger partial charge in [-0.3, -0.25) is 0 Å². The van der Waals surface area contributed by atoms with Crippen LogP contribution in [-0.2, 0) is 0 Å². The Hall–Kier alpha value is -2.66. The molecule has 2 aromatic rings. The zero-order valence-electron chi connectivity index (χ0n) is 11.0. The van der Waals surface area contributed by atoms with Gasteiger partial charge in [-0.15, -0.1) is 0 Å². The van der Waals surface area contributed by atoms with Crippen molar-refractivity contribution in [3.05, 3.63) is 68.7 Å². The molecule has 0 fully saturated rings. The molecule has 0 atom stereocenters. The van der Waals surface area contributed by atoms with Crippen LogP contribution in [-0.4, -0.2) is 11.4 Å². The molecule has 0 saturated carbocycles. The topological polar surface area (TPSA) is 72.3 Å². The molecule has 0 aromatic heterocycles. The molecule has 0 bridgehead atoms. The van der Waals surface area contributed by atoms with Crippen LogP contribution in [0.5, 0.6) is 0 Å². The molecule has 6 heteroatoms. The van der Waals surface area contributed by atoms with Gasteiger partial charge in [-0.2, -0.15) is 20.5 Å². The van der Waals surface area contributed by atoms with Gasteiger partial charge in [-0.05, 0) is 12.1 Å². The molecule has 1 aliphatic carbocycles. The number of rotatable bonds is 0. The van der Waals surface area contributed by atoms with Crippen LogP contribution in [0.1, 0.15) is 22.3 Å². The predicted molar refractivity (Wildman–Crippen MR) is 85.4 cm³/mol.